The molecule has 1 amide bonds. The summed E-state index contributed by atoms with van der Waals surface area (Å²) in [6.07, 6.45) is 0. The highest BCUT2D eigenvalue weighted by molar-refractivity contribution is 7.13. The number of thiazole rings is 1. The zero-order valence-corrected chi connectivity index (χ0v) is 10.4. The first-order valence-electron chi connectivity index (χ1n) is 4.91. The predicted octanol–water partition coefficient (Wildman–Crippen LogP) is 2.07. The molecule has 0 N–H and O–H groups in total. The highest BCUT2D eigenvalue weighted by Gasteiger charge is 2.32. The fourth-order valence-corrected chi connectivity index (χ4v) is 2.79. The molecule has 0 bridgehead atoms. The first-order valence-corrected chi connectivity index (χ1v) is 6.26. The molecule has 1 aliphatic heterocycles. The summed E-state index contributed by atoms with van der Waals surface area (Å²) in [5.41, 5.74) is 0.844. The van der Waals surface area contributed by atoms with Crippen LogP contribution in [-0.2, 0) is 0 Å². The summed E-state index contributed by atoms with van der Waals surface area (Å²) >= 11 is 7.18. The Morgan fingerprint density at radius 1 is 1.60 bits per heavy atom. The topological polar surface area (TPSA) is 33.2 Å². The van der Waals surface area contributed by atoms with Crippen LogP contribution in [-0.4, -0.2) is 34.8 Å². The van der Waals surface area contributed by atoms with Crippen molar-refractivity contribution < 1.29 is 4.79 Å². The molecule has 0 aromatic carbocycles. The van der Waals surface area contributed by atoms with E-state index in [2.05, 4.69) is 4.98 Å². The van der Waals surface area contributed by atoms with E-state index in [-0.39, 0.29) is 5.91 Å². The normalized spacial score (nSPS) is 16.6. The Kier molecular flexibility index (Phi) is 2.98. The summed E-state index contributed by atoms with van der Waals surface area (Å²) in [7, 11) is 0. The van der Waals surface area contributed by atoms with E-state index < -0.39 is 0 Å². The van der Waals surface area contributed by atoms with Gasteiger partial charge in [-0.3, -0.25) is 4.79 Å². The van der Waals surface area contributed by atoms with Crippen molar-refractivity contribution >= 4 is 28.8 Å². The van der Waals surface area contributed by atoms with Gasteiger partial charge in [0.25, 0.3) is 5.91 Å². The van der Waals surface area contributed by atoms with Gasteiger partial charge in [0, 0.05) is 24.9 Å². The average Bonchev–Trinajstić information content (AvgIpc) is 2.43. The fourth-order valence-electron chi connectivity index (χ4n) is 1.71. The third-order valence-electron chi connectivity index (χ3n) is 2.56. The van der Waals surface area contributed by atoms with Gasteiger partial charge in [0.05, 0.1) is 10.7 Å². The molecule has 5 heteroatoms. The number of hydrogen-bond donors (Lipinski definition) is 0. The lowest BCUT2D eigenvalue weighted by atomic mass is 10.0. The van der Waals surface area contributed by atoms with Gasteiger partial charge in [0.2, 0.25) is 0 Å². The first-order chi connectivity index (χ1) is 7.11. The molecule has 1 fully saturated rings. The molecule has 0 unspecified atom stereocenters. The number of nitrogens with zero attached hydrogens (tertiary/aromatic N) is 2. The van der Waals surface area contributed by atoms with E-state index in [1.807, 2.05) is 18.7 Å². The van der Waals surface area contributed by atoms with Crippen molar-refractivity contribution in [3.63, 3.8) is 0 Å². The van der Waals surface area contributed by atoms with Gasteiger partial charge in [0.15, 0.2) is 0 Å². The molecular weight excluding hydrogens is 232 g/mol. The van der Waals surface area contributed by atoms with E-state index in [0.717, 1.165) is 28.7 Å². The molecule has 2 rings (SSSR count). The number of rotatable bonds is 2. The monoisotopic (exact) mass is 244 g/mol. The van der Waals surface area contributed by atoms with Crippen molar-refractivity contribution in [2.75, 3.05) is 19.0 Å². The minimum Gasteiger partial charge on any atom is -0.337 e. The van der Waals surface area contributed by atoms with Gasteiger partial charge < -0.3 is 4.90 Å². The molecule has 0 radical (unpaired) electrons. The molecule has 1 saturated heterocycles. The van der Waals surface area contributed by atoms with E-state index in [4.69, 9.17) is 11.6 Å². The lowest BCUT2D eigenvalue weighted by Crippen LogP contribution is -2.50. The minimum absolute atomic E-state index is 0.111. The Morgan fingerprint density at radius 3 is 2.73 bits per heavy atom. The molecule has 1 aromatic rings. The molecule has 0 aliphatic carbocycles. The third kappa shape index (κ3) is 2.01. The maximum Gasteiger partial charge on any atom is 0.265 e. The maximum atomic E-state index is 12.0. The van der Waals surface area contributed by atoms with Crippen molar-refractivity contribution in [1.29, 1.82) is 0 Å². The number of halogens is 1. The van der Waals surface area contributed by atoms with Gasteiger partial charge in [-0.05, 0) is 13.8 Å². The van der Waals surface area contributed by atoms with Crippen LogP contribution in [0, 0.1) is 19.8 Å². The SMILES string of the molecule is Cc1nc(C)c(C(=O)N2CC(CCl)C2)s1. The van der Waals surface area contributed by atoms with Crippen LogP contribution in [0.2, 0.25) is 0 Å². The van der Waals surface area contributed by atoms with Crippen molar-refractivity contribution in [1.82, 2.24) is 9.88 Å². The van der Waals surface area contributed by atoms with E-state index >= 15 is 0 Å². The van der Waals surface area contributed by atoms with Crippen LogP contribution in [0.5, 0.6) is 0 Å². The lowest BCUT2D eigenvalue weighted by molar-refractivity contribution is 0.0540. The Hall–Kier alpha value is -0.610. The van der Waals surface area contributed by atoms with E-state index in [0.29, 0.717) is 11.8 Å². The van der Waals surface area contributed by atoms with E-state index in [1.54, 1.807) is 0 Å². The minimum atomic E-state index is 0.111. The summed E-state index contributed by atoms with van der Waals surface area (Å²) in [5, 5.41) is 0.949. The number of hydrogen-bond acceptors (Lipinski definition) is 3. The summed E-state index contributed by atoms with van der Waals surface area (Å²) in [5.74, 6) is 1.23. The lowest BCUT2D eigenvalue weighted by Gasteiger charge is -2.38. The predicted molar refractivity (Wildman–Crippen MR) is 61.7 cm³/mol. The van der Waals surface area contributed by atoms with Crippen LogP contribution in [0.3, 0.4) is 0 Å². The smallest absolute Gasteiger partial charge is 0.265 e. The Balaban J connectivity index is 2.06. The molecule has 15 heavy (non-hydrogen) atoms. The summed E-state index contributed by atoms with van der Waals surface area (Å²) in [6, 6.07) is 0. The van der Waals surface area contributed by atoms with Gasteiger partial charge in [-0.1, -0.05) is 0 Å². The second kappa shape index (κ2) is 4.10. The molecular formula is C10H13ClN2OS. The number of amides is 1. The number of likely N-dealkylation sites (tertiary alicyclic amines) is 1. The standard InChI is InChI=1S/C10H13ClN2OS/c1-6-9(15-7(2)12-6)10(14)13-4-8(3-11)5-13/h8H,3-5H2,1-2H3. The average molecular weight is 245 g/mol. The summed E-state index contributed by atoms with van der Waals surface area (Å²) < 4.78 is 0. The van der Waals surface area contributed by atoms with Crippen LogP contribution in [0.1, 0.15) is 20.4 Å². The first kappa shape index (κ1) is 10.9. The number of carbonyl (C=O) groups excluding carboxylic acids is 1. The zero-order chi connectivity index (χ0) is 11.0. The highest BCUT2D eigenvalue weighted by Crippen LogP contribution is 2.24. The van der Waals surface area contributed by atoms with Gasteiger partial charge in [-0.2, -0.15) is 0 Å². The van der Waals surface area contributed by atoms with Crippen molar-refractivity contribution in [3.05, 3.63) is 15.6 Å². The third-order valence-corrected chi connectivity index (χ3v) is 4.06. The van der Waals surface area contributed by atoms with Gasteiger partial charge in [-0.15, -0.1) is 22.9 Å². The zero-order valence-electron chi connectivity index (χ0n) is 8.79. The van der Waals surface area contributed by atoms with Crippen LogP contribution in [0.25, 0.3) is 0 Å². The van der Waals surface area contributed by atoms with Crippen molar-refractivity contribution in [3.8, 4) is 0 Å². The number of carbonyl (C=O) groups is 1. The quantitative estimate of drug-likeness (QED) is 0.747. The van der Waals surface area contributed by atoms with Crippen LogP contribution < -0.4 is 0 Å². The van der Waals surface area contributed by atoms with Gasteiger partial charge in [0.1, 0.15) is 4.88 Å². The second-order valence-electron chi connectivity index (χ2n) is 3.88. The van der Waals surface area contributed by atoms with E-state index in [9.17, 15) is 4.79 Å². The molecule has 82 valence electrons. The van der Waals surface area contributed by atoms with Crippen molar-refractivity contribution in [2.45, 2.75) is 13.8 Å². The van der Waals surface area contributed by atoms with Crippen LogP contribution in [0.15, 0.2) is 0 Å². The number of aromatic nitrogens is 1. The molecule has 1 aromatic heterocycles. The maximum absolute atomic E-state index is 12.0. The van der Waals surface area contributed by atoms with Gasteiger partial charge >= 0.3 is 0 Å². The fraction of sp³-hybridized carbons (Fsp3) is 0.600. The molecule has 0 saturated carbocycles. The Morgan fingerprint density at radius 2 is 2.27 bits per heavy atom. The molecule has 0 atom stereocenters. The van der Waals surface area contributed by atoms with Crippen LogP contribution >= 0.6 is 22.9 Å². The number of alkyl halides is 1. The summed E-state index contributed by atoms with van der Waals surface area (Å²) in [4.78, 5) is 18.9. The Labute approximate surface area is 98.1 Å². The molecule has 1 aliphatic rings. The molecule has 0 spiro atoms. The van der Waals surface area contributed by atoms with Crippen molar-refractivity contribution in [2.24, 2.45) is 5.92 Å². The highest BCUT2D eigenvalue weighted by atomic mass is 35.5. The van der Waals surface area contributed by atoms with E-state index in [1.165, 1.54) is 11.3 Å². The molecule has 2 heterocycles. The second-order valence-corrected chi connectivity index (χ2v) is 5.39. The van der Waals surface area contributed by atoms with Gasteiger partial charge in [-0.25, -0.2) is 4.98 Å². The number of aryl methyl sites for hydroxylation is 2. The molecule has 3 nitrogen and oxygen atoms in total. The Bertz CT molecular complexity index is 385. The van der Waals surface area contributed by atoms with Crippen LogP contribution in [0.4, 0.5) is 0 Å². The summed E-state index contributed by atoms with van der Waals surface area (Å²) in [6.45, 7) is 5.39. The largest absolute Gasteiger partial charge is 0.337 e.